The summed E-state index contributed by atoms with van der Waals surface area (Å²) in [6, 6.07) is 13.5. The Morgan fingerprint density at radius 2 is 1.86 bits per heavy atom. The van der Waals surface area contributed by atoms with Crippen LogP contribution in [0.4, 0.5) is 0 Å². The Bertz CT molecular complexity index is 911. The Hall–Kier alpha value is -3.05. The number of hydrogen-bond acceptors (Lipinski definition) is 4. The van der Waals surface area contributed by atoms with Crippen molar-refractivity contribution in [3.63, 3.8) is 0 Å². The van der Waals surface area contributed by atoms with Crippen molar-refractivity contribution in [2.75, 3.05) is 6.54 Å². The summed E-state index contributed by atoms with van der Waals surface area (Å²) in [5.41, 5.74) is 11.3. The molecule has 2 heterocycles. The van der Waals surface area contributed by atoms with Crippen LogP contribution in [0.25, 0.3) is 0 Å². The normalized spacial score (nSPS) is 11.9. The van der Waals surface area contributed by atoms with Crippen molar-refractivity contribution in [2.45, 2.75) is 32.2 Å². The minimum atomic E-state index is -0.486. The third-order valence-corrected chi connectivity index (χ3v) is 4.81. The molecule has 3 aromatic rings. The molecule has 0 aliphatic carbocycles. The Morgan fingerprint density at radius 3 is 2.61 bits per heavy atom. The number of primary amides is 1. The highest BCUT2D eigenvalue weighted by atomic mass is 16.1. The van der Waals surface area contributed by atoms with Crippen LogP contribution in [-0.2, 0) is 24.1 Å². The van der Waals surface area contributed by atoms with Crippen molar-refractivity contribution in [3.8, 4) is 0 Å². The molecule has 0 spiro atoms. The zero-order valence-corrected chi connectivity index (χ0v) is 16.1. The maximum Gasteiger partial charge on any atom is 0.239 e. The number of nitrogens with zero attached hydrogens (tertiary/aromatic N) is 2. The molecule has 1 unspecified atom stereocenters. The number of pyridine rings is 2. The van der Waals surface area contributed by atoms with E-state index in [1.54, 1.807) is 6.20 Å². The zero-order valence-electron chi connectivity index (χ0n) is 16.1. The number of nitrogens with one attached hydrogen (secondary N) is 1. The fourth-order valence-electron chi connectivity index (χ4n) is 3.33. The first-order chi connectivity index (χ1) is 13.6. The standard InChI is InChI=1S/C23H26N4O/c1-17-4-2-6-20(14-17)22(23(24)28)27-13-10-19-9-12-26-16-21(19)8-7-18-5-3-11-25-15-18/h2-6,9,11-12,14-16,22,27H,7-8,10,13H2,1H3,(H2,24,28). The van der Waals surface area contributed by atoms with E-state index >= 15 is 0 Å². The molecule has 28 heavy (non-hydrogen) atoms. The number of hydrogen-bond donors (Lipinski definition) is 2. The van der Waals surface area contributed by atoms with Gasteiger partial charge in [0.2, 0.25) is 5.91 Å². The van der Waals surface area contributed by atoms with Gasteiger partial charge < -0.3 is 11.1 Å². The van der Waals surface area contributed by atoms with Gasteiger partial charge in [-0.1, -0.05) is 35.9 Å². The molecule has 144 valence electrons. The van der Waals surface area contributed by atoms with Crippen molar-refractivity contribution in [1.29, 1.82) is 0 Å². The largest absolute Gasteiger partial charge is 0.368 e. The average Bonchev–Trinajstić information content (AvgIpc) is 2.71. The highest BCUT2D eigenvalue weighted by molar-refractivity contribution is 5.81. The van der Waals surface area contributed by atoms with Gasteiger partial charge in [-0.25, -0.2) is 0 Å². The van der Waals surface area contributed by atoms with Gasteiger partial charge in [0.25, 0.3) is 0 Å². The molecule has 0 aliphatic heterocycles. The van der Waals surface area contributed by atoms with Gasteiger partial charge in [0.15, 0.2) is 0 Å². The third-order valence-electron chi connectivity index (χ3n) is 4.81. The van der Waals surface area contributed by atoms with Crippen LogP contribution in [0, 0.1) is 6.92 Å². The second-order valence-corrected chi connectivity index (χ2v) is 6.96. The number of carbonyl (C=O) groups is 1. The van der Waals surface area contributed by atoms with Gasteiger partial charge in [0.1, 0.15) is 6.04 Å². The lowest BCUT2D eigenvalue weighted by molar-refractivity contribution is -0.120. The van der Waals surface area contributed by atoms with Gasteiger partial charge in [0.05, 0.1) is 0 Å². The Balaban J connectivity index is 1.61. The smallest absolute Gasteiger partial charge is 0.239 e. The molecule has 0 aliphatic rings. The van der Waals surface area contributed by atoms with E-state index in [4.69, 9.17) is 5.73 Å². The van der Waals surface area contributed by atoms with E-state index in [-0.39, 0.29) is 5.91 Å². The number of carbonyl (C=O) groups excluding carboxylic acids is 1. The van der Waals surface area contributed by atoms with E-state index in [9.17, 15) is 4.79 Å². The molecule has 5 nitrogen and oxygen atoms in total. The Labute approximate surface area is 166 Å². The molecule has 0 bridgehead atoms. The van der Waals surface area contributed by atoms with Crippen molar-refractivity contribution in [3.05, 3.63) is 95.1 Å². The molecule has 0 saturated heterocycles. The van der Waals surface area contributed by atoms with Gasteiger partial charge in [-0.15, -0.1) is 0 Å². The molecular weight excluding hydrogens is 348 g/mol. The zero-order chi connectivity index (χ0) is 19.8. The van der Waals surface area contributed by atoms with Crippen LogP contribution in [0.3, 0.4) is 0 Å². The molecular formula is C23H26N4O. The minimum Gasteiger partial charge on any atom is -0.368 e. The molecule has 0 saturated carbocycles. The lowest BCUT2D eigenvalue weighted by Gasteiger charge is -2.17. The maximum absolute atomic E-state index is 11.9. The SMILES string of the molecule is Cc1cccc(C(NCCc2ccncc2CCc2cccnc2)C(N)=O)c1. The van der Waals surface area contributed by atoms with Crippen LogP contribution in [0.1, 0.15) is 33.9 Å². The van der Waals surface area contributed by atoms with E-state index in [2.05, 4.69) is 21.4 Å². The quantitative estimate of drug-likeness (QED) is 0.603. The van der Waals surface area contributed by atoms with E-state index in [1.807, 2.05) is 61.9 Å². The fourth-order valence-corrected chi connectivity index (χ4v) is 3.33. The van der Waals surface area contributed by atoms with Crippen molar-refractivity contribution < 1.29 is 4.79 Å². The van der Waals surface area contributed by atoms with E-state index in [1.165, 1.54) is 16.7 Å². The number of benzene rings is 1. The molecule has 1 amide bonds. The van der Waals surface area contributed by atoms with Gasteiger partial charge >= 0.3 is 0 Å². The van der Waals surface area contributed by atoms with Crippen molar-refractivity contribution in [2.24, 2.45) is 5.73 Å². The molecule has 2 aromatic heterocycles. The van der Waals surface area contributed by atoms with Crippen molar-refractivity contribution >= 4 is 5.91 Å². The van der Waals surface area contributed by atoms with Crippen molar-refractivity contribution in [1.82, 2.24) is 15.3 Å². The number of amides is 1. The fraction of sp³-hybridized carbons (Fsp3) is 0.261. The van der Waals surface area contributed by atoms with E-state index in [0.717, 1.165) is 30.4 Å². The maximum atomic E-state index is 11.9. The molecule has 1 atom stereocenters. The average molecular weight is 374 g/mol. The highest BCUT2D eigenvalue weighted by Crippen LogP contribution is 2.16. The minimum absolute atomic E-state index is 0.364. The van der Waals surface area contributed by atoms with Crippen LogP contribution in [0.2, 0.25) is 0 Å². The molecule has 3 rings (SSSR count). The van der Waals surface area contributed by atoms with Gasteiger partial charge in [-0.05, 0) is 60.6 Å². The molecule has 1 aromatic carbocycles. The summed E-state index contributed by atoms with van der Waals surface area (Å²) in [6.45, 7) is 2.67. The summed E-state index contributed by atoms with van der Waals surface area (Å²) in [6.07, 6.45) is 10.1. The van der Waals surface area contributed by atoms with Crippen LogP contribution >= 0.6 is 0 Å². The summed E-state index contributed by atoms with van der Waals surface area (Å²) in [7, 11) is 0. The monoisotopic (exact) mass is 374 g/mol. The topological polar surface area (TPSA) is 80.9 Å². The summed E-state index contributed by atoms with van der Waals surface area (Å²) in [4.78, 5) is 20.4. The number of aromatic nitrogens is 2. The number of nitrogens with two attached hydrogens (primary N) is 1. The summed E-state index contributed by atoms with van der Waals surface area (Å²) in [5, 5.41) is 3.31. The number of aryl methyl sites for hydroxylation is 3. The molecule has 3 N–H and O–H groups in total. The van der Waals surface area contributed by atoms with Crippen LogP contribution in [-0.4, -0.2) is 22.4 Å². The summed E-state index contributed by atoms with van der Waals surface area (Å²) in [5.74, 6) is -0.364. The first kappa shape index (κ1) is 19.7. The number of rotatable bonds is 9. The second kappa shape index (κ2) is 9.76. The second-order valence-electron chi connectivity index (χ2n) is 6.96. The van der Waals surface area contributed by atoms with Gasteiger partial charge in [0, 0.05) is 31.3 Å². The summed E-state index contributed by atoms with van der Waals surface area (Å²) >= 11 is 0. The van der Waals surface area contributed by atoms with Crippen LogP contribution < -0.4 is 11.1 Å². The van der Waals surface area contributed by atoms with E-state index < -0.39 is 6.04 Å². The predicted octanol–water partition coefficient (Wildman–Crippen LogP) is 2.93. The molecule has 0 radical (unpaired) electrons. The Kier molecular flexibility index (Phi) is 6.87. The lowest BCUT2D eigenvalue weighted by Crippen LogP contribution is -2.34. The highest BCUT2D eigenvalue weighted by Gasteiger charge is 2.17. The lowest BCUT2D eigenvalue weighted by atomic mass is 10.00. The van der Waals surface area contributed by atoms with Gasteiger partial charge in [-0.3, -0.25) is 14.8 Å². The van der Waals surface area contributed by atoms with Crippen LogP contribution in [0.5, 0.6) is 0 Å². The van der Waals surface area contributed by atoms with E-state index in [0.29, 0.717) is 6.54 Å². The molecule has 5 heteroatoms. The molecule has 0 fully saturated rings. The first-order valence-electron chi connectivity index (χ1n) is 9.53. The Morgan fingerprint density at radius 1 is 1.00 bits per heavy atom. The van der Waals surface area contributed by atoms with Crippen LogP contribution in [0.15, 0.2) is 67.3 Å². The third kappa shape index (κ3) is 5.47. The predicted molar refractivity (Wildman–Crippen MR) is 111 cm³/mol. The summed E-state index contributed by atoms with van der Waals surface area (Å²) < 4.78 is 0. The first-order valence-corrected chi connectivity index (χ1v) is 9.53. The van der Waals surface area contributed by atoms with Gasteiger partial charge in [-0.2, -0.15) is 0 Å².